The first-order chi connectivity index (χ1) is 12.2. The van der Waals surface area contributed by atoms with E-state index in [1.54, 1.807) is 7.05 Å². The van der Waals surface area contributed by atoms with Gasteiger partial charge in [-0.3, -0.25) is 9.79 Å². The summed E-state index contributed by atoms with van der Waals surface area (Å²) in [7, 11) is 3.55. The minimum atomic E-state index is 0. The van der Waals surface area contributed by atoms with Crippen LogP contribution in [0, 0.1) is 5.92 Å². The third kappa shape index (κ3) is 8.41. The molecule has 0 radical (unpaired) electrons. The number of carbonyl (C=O) groups is 1. The van der Waals surface area contributed by atoms with Crippen LogP contribution >= 0.6 is 24.0 Å². The Labute approximate surface area is 175 Å². The highest BCUT2D eigenvalue weighted by molar-refractivity contribution is 14.0. The maximum Gasteiger partial charge on any atom is 0.220 e. The van der Waals surface area contributed by atoms with Crippen molar-refractivity contribution in [3.05, 3.63) is 0 Å². The Balaban J connectivity index is 0.00000338. The van der Waals surface area contributed by atoms with E-state index in [2.05, 4.69) is 20.5 Å². The highest BCUT2D eigenvalue weighted by atomic mass is 127. The molecule has 0 unspecified atom stereocenters. The molecular formula is C19H37IN4O2. The molecule has 0 atom stereocenters. The molecule has 6 nitrogen and oxygen atoms in total. The van der Waals surface area contributed by atoms with E-state index in [0.29, 0.717) is 18.4 Å². The first-order valence-electron chi connectivity index (χ1n) is 10.0. The van der Waals surface area contributed by atoms with Crippen LogP contribution in [0.1, 0.15) is 57.8 Å². The summed E-state index contributed by atoms with van der Waals surface area (Å²) in [5.41, 5.74) is 0. The molecule has 0 aromatic rings. The van der Waals surface area contributed by atoms with Gasteiger partial charge in [0.1, 0.15) is 0 Å². The fourth-order valence-corrected chi connectivity index (χ4v) is 3.84. The monoisotopic (exact) mass is 480 g/mol. The molecule has 7 heteroatoms. The highest BCUT2D eigenvalue weighted by Gasteiger charge is 2.23. The zero-order valence-corrected chi connectivity index (χ0v) is 18.8. The van der Waals surface area contributed by atoms with Crippen LogP contribution < -0.4 is 10.6 Å². The van der Waals surface area contributed by atoms with E-state index in [9.17, 15) is 4.79 Å². The Morgan fingerprint density at radius 3 is 2.35 bits per heavy atom. The topological polar surface area (TPSA) is 66.0 Å². The summed E-state index contributed by atoms with van der Waals surface area (Å²) in [6, 6.07) is 0. The molecule has 26 heavy (non-hydrogen) atoms. The van der Waals surface area contributed by atoms with Crippen molar-refractivity contribution in [1.82, 2.24) is 15.5 Å². The minimum Gasteiger partial charge on any atom is -0.376 e. The third-order valence-corrected chi connectivity index (χ3v) is 5.42. The van der Waals surface area contributed by atoms with Crippen LogP contribution in [-0.2, 0) is 9.53 Å². The molecule has 2 fully saturated rings. The number of rotatable bonds is 6. The fraction of sp³-hybridized carbons (Fsp3) is 0.895. The Morgan fingerprint density at radius 2 is 1.77 bits per heavy atom. The van der Waals surface area contributed by atoms with Crippen LogP contribution in [0.3, 0.4) is 0 Å². The Morgan fingerprint density at radius 1 is 1.12 bits per heavy atom. The van der Waals surface area contributed by atoms with Crippen molar-refractivity contribution < 1.29 is 9.53 Å². The summed E-state index contributed by atoms with van der Waals surface area (Å²) in [6.45, 7) is 3.48. The molecule has 0 aromatic carbocycles. The number of hydrogen-bond acceptors (Lipinski definition) is 3. The van der Waals surface area contributed by atoms with Gasteiger partial charge in [0, 0.05) is 40.2 Å². The largest absolute Gasteiger partial charge is 0.376 e. The van der Waals surface area contributed by atoms with Gasteiger partial charge in [0.05, 0.1) is 12.7 Å². The van der Waals surface area contributed by atoms with Gasteiger partial charge in [-0.15, -0.1) is 24.0 Å². The smallest absolute Gasteiger partial charge is 0.220 e. The number of ether oxygens (including phenoxy) is 1. The van der Waals surface area contributed by atoms with Crippen LogP contribution in [0.15, 0.2) is 4.99 Å². The molecule has 2 rings (SSSR count). The number of guanidine groups is 1. The number of likely N-dealkylation sites (tertiary alicyclic amines) is 1. The summed E-state index contributed by atoms with van der Waals surface area (Å²) in [6.07, 6.45) is 11.0. The number of nitrogens with zero attached hydrogens (tertiary/aromatic N) is 2. The van der Waals surface area contributed by atoms with Crippen molar-refractivity contribution in [2.45, 2.75) is 63.9 Å². The lowest BCUT2D eigenvalue weighted by atomic mass is 9.93. The molecule has 1 saturated heterocycles. The molecule has 0 bridgehead atoms. The zero-order chi connectivity index (χ0) is 17.9. The lowest BCUT2D eigenvalue weighted by molar-refractivity contribution is -0.121. The number of halogens is 1. The predicted octanol–water partition coefficient (Wildman–Crippen LogP) is 2.77. The van der Waals surface area contributed by atoms with E-state index in [1.165, 1.54) is 38.5 Å². The lowest BCUT2D eigenvalue weighted by Gasteiger charge is -2.34. The Bertz CT molecular complexity index is 418. The van der Waals surface area contributed by atoms with Gasteiger partial charge < -0.3 is 20.3 Å². The minimum absolute atomic E-state index is 0. The van der Waals surface area contributed by atoms with Gasteiger partial charge in [0.15, 0.2) is 5.96 Å². The zero-order valence-electron chi connectivity index (χ0n) is 16.5. The van der Waals surface area contributed by atoms with Crippen LogP contribution in [-0.4, -0.2) is 63.2 Å². The van der Waals surface area contributed by atoms with Gasteiger partial charge >= 0.3 is 0 Å². The predicted molar refractivity (Wildman–Crippen MR) is 117 cm³/mol. The van der Waals surface area contributed by atoms with Crippen molar-refractivity contribution in [2.24, 2.45) is 10.9 Å². The van der Waals surface area contributed by atoms with Gasteiger partial charge in [0.2, 0.25) is 5.91 Å². The molecule has 0 spiro atoms. The second kappa shape index (κ2) is 13.6. The van der Waals surface area contributed by atoms with E-state index in [4.69, 9.17) is 4.74 Å². The van der Waals surface area contributed by atoms with Crippen LogP contribution in [0.4, 0.5) is 0 Å². The van der Waals surface area contributed by atoms with E-state index in [0.717, 1.165) is 45.0 Å². The number of aliphatic imine (C=N–C) groups is 1. The van der Waals surface area contributed by atoms with Gasteiger partial charge in [-0.05, 0) is 31.6 Å². The maximum atomic E-state index is 11.5. The number of piperidine rings is 1. The van der Waals surface area contributed by atoms with Gasteiger partial charge in [-0.1, -0.05) is 25.7 Å². The molecule has 1 saturated carbocycles. The summed E-state index contributed by atoms with van der Waals surface area (Å²) in [5.74, 6) is 1.60. The number of hydrogen-bond donors (Lipinski definition) is 2. The SMILES string of the molecule is CN=C(NCCOC1CCCCCC1)N1CCC(CC(=O)NC)CC1.I. The second-order valence-corrected chi connectivity index (χ2v) is 7.27. The van der Waals surface area contributed by atoms with E-state index in [1.807, 2.05) is 7.05 Å². The Kier molecular flexibility index (Phi) is 12.3. The summed E-state index contributed by atoms with van der Waals surface area (Å²) in [4.78, 5) is 18.2. The van der Waals surface area contributed by atoms with E-state index in [-0.39, 0.29) is 29.9 Å². The van der Waals surface area contributed by atoms with Gasteiger partial charge in [-0.25, -0.2) is 0 Å². The molecular weight excluding hydrogens is 443 g/mol. The molecule has 152 valence electrons. The third-order valence-electron chi connectivity index (χ3n) is 5.42. The molecule has 2 aliphatic rings. The molecule has 0 aromatic heterocycles. The van der Waals surface area contributed by atoms with Crippen molar-refractivity contribution in [3.63, 3.8) is 0 Å². The van der Waals surface area contributed by atoms with Crippen molar-refractivity contribution in [1.29, 1.82) is 0 Å². The second-order valence-electron chi connectivity index (χ2n) is 7.27. The average molecular weight is 480 g/mol. The first kappa shape index (κ1) is 23.5. The summed E-state index contributed by atoms with van der Waals surface area (Å²) in [5, 5.41) is 6.15. The number of carbonyl (C=O) groups excluding carboxylic acids is 1. The quantitative estimate of drug-likeness (QED) is 0.202. The van der Waals surface area contributed by atoms with Crippen molar-refractivity contribution >= 4 is 35.8 Å². The number of amides is 1. The molecule has 1 aliphatic carbocycles. The maximum absolute atomic E-state index is 11.5. The molecule has 1 aliphatic heterocycles. The van der Waals surface area contributed by atoms with Crippen LogP contribution in [0.5, 0.6) is 0 Å². The molecule has 2 N–H and O–H groups in total. The normalized spacial score (nSPS) is 20.2. The average Bonchev–Trinajstić information content (AvgIpc) is 2.91. The highest BCUT2D eigenvalue weighted by Crippen LogP contribution is 2.21. The molecule has 1 heterocycles. The summed E-state index contributed by atoms with van der Waals surface area (Å²) >= 11 is 0. The van der Waals surface area contributed by atoms with Crippen LogP contribution in [0.25, 0.3) is 0 Å². The van der Waals surface area contributed by atoms with E-state index < -0.39 is 0 Å². The standard InChI is InChI=1S/C19H36N4O2.HI/c1-20-18(24)15-16-9-12-23(13-10-16)19(21-2)22-11-14-25-17-7-5-3-4-6-8-17;/h16-17H,3-15H2,1-2H3,(H,20,24)(H,21,22);1H. The van der Waals surface area contributed by atoms with Gasteiger partial charge in [-0.2, -0.15) is 0 Å². The van der Waals surface area contributed by atoms with Crippen molar-refractivity contribution in [2.75, 3.05) is 40.3 Å². The Hall–Kier alpha value is -0.570. The molecule has 1 amide bonds. The summed E-state index contributed by atoms with van der Waals surface area (Å²) < 4.78 is 6.04. The van der Waals surface area contributed by atoms with Crippen molar-refractivity contribution in [3.8, 4) is 0 Å². The first-order valence-corrected chi connectivity index (χ1v) is 10.0. The fourth-order valence-electron chi connectivity index (χ4n) is 3.84. The number of nitrogens with one attached hydrogen (secondary N) is 2. The van der Waals surface area contributed by atoms with Gasteiger partial charge in [0.25, 0.3) is 0 Å². The van der Waals surface area contributed by atoms with E-state index >= 15 is 0 Å². The van der Waals surface area contributed by atoms with Crippen LogP contribution in [0.2, 0.25) is 0 Å². The lowest BCUT2D eigenvalue weighted by Crippen LogP contribution is -2.46.